The molecular weight excluding hydrogens is 330 g/mol. The Kier molecular flexibility index (Phi) is 4.53. The van der Waals surface area contributed by atoms with Crippen molar-refractivity contribution in [1.82, 2.24) is 23.6 Å². The molecule has 1 saturated heterocycles. The molecule has 3 rings (SSSR count). The molecule has 3 heterocycles. The normalized spacial score (nSPS) is 15.2. The maximum Gasteiger partial charge on any atom is 0.332 e. The van der Waals surface area contributed by atoms with E-state index in [9.17, 15) is 14.4 Å². The Bertz CT molecular complexity index is 904. The second-order valence-electron chi connectivity index (χ2n) is 6.06. The van der Waals surface area contributed by atoms with Crippen LogP contribution >= 0.6 is 11.8 Å². The van der Waals surface area contributed by atoms with Gasteiger partial charge in [0.05, 0.1) is 5.75 Å². The third-order valence-electron chi connectivity index (χ3n) is 4.47. The zero-order valence-electron chi connectivity index (χ0n) is 14.1. The van der Waals surface area contributed by atoms with Gasteiger partial charge in [0.1, 0.15) is 0 Å². The third-order valence-corrected chi connectivity index (χ3v) is 5.48. The van der Waals surface area contributed by atoms with Gasteiger partial charge < -0.3 is 9.47 Å². The first-order valence-corrected chi connectivity index (χ1v) is 8.93. The van der Waals surface area contributed by atoms with Gasteiger partial charge in [0.25, 0.3) is 5.56 Å². The number of hydrogen-bond donors (Lipinski definition) is 0. The van der Waals surface area contributed by atoms with Crippen molar-refractivity contribution in [2.24, 2.45) is 21.1 Å². The molecule has 0 saturated carbocycles. The largest absolute Gasteiger partial charge is 0.342 e. The lowest BCUT2D eigenvalue weighted by Gasteiger charge is -2.26. The topological polar surface area (TPSA) is 82.1 Å². The Morgan fingerprint density at radius 1 is 1.04 bits per heavy atom. The summed E-state index contributed by atoms with van der Waals surface area (Å²) < 4.78 is 4.08. The second kappa shape index (κ2) is 6.46. The van der Waals surface area contributed by atoms with E-state index >= 15 is 0 Å². The molecule has 0 bridgehead atoms. The maximum absolute atomic E-state index is 12.3. The van der Waals surface area contributed by atoms with Crippen LogP contribution in [0.5, 0.6) is 0 Å². The molecule has 1 fully saturated rings. The Labute approximate surface area is 143 Å². The molecule has 2 aromatic heterocycles. The number of fused-ring (bicyclic) bond motifs is 1. The van der Waals surface area contributed by atoms with Gasteiger partial charge in [-0.3, -0.25) is 18.7 Å². The minimum atomic E-state index is -0.411. The molecule has 0 atom stereocenters. The zero-order chi connectivity index (χ0) is 17.4. The number of likely N-dealkylation sites (tertiary alicyclic amines) is 1. The molecule has 0 N–H and O–H groups in total. The Morgan fingerprint density at radius 2 is 1.71 bits per heavy atom. The van der Waals surface area contributed by atoms with Crippen molar-refractivity contribution in [1.29, 1.82) is 0 Å². The van der Waals surface area contributed by atoms with Gasteiger partial charge in [0.15, 0.2) is 16.3 Å². The monoisotopic (exact) mass is 351 g/mol. The van der Waals surface area contributed by atoms with Gasteiger partial charge in [-0.15, -0.1) is 0 Å². The number of carbonyl (C=O) groups is 1. The maximum atomic E-state index is 12.3. The molecule has 1 aliphatic heterocycles. The summed E-state index contributed by atoms with van der Waals surface area (Å²) in [5, 5.41) is 0.564. The number of rotatable bonds is 3. The summed E-state index contributed by atoms with van der Waals surface area (Å²) in [6, 6.07) is 0. The fourth-order valence-electron chi connectivity index (χ4n) is 2.99. The number of piperidine rings is 1. The number of imidazole rings is 1. The van der Waals surface area contributed by atoms with Crippen molar-refractivity contribution >= 4 is 28.8 Å². The fraction of sp³-hybridized carbons (Fsp3) is 0.600. The summed E-state index contributed by atoms with van der Waals surface area (Å²) in [5.74, 6) is 0.374. The van der Waals surface area contributed by atoms with Crippen molar-refractivity contribution in [2.45, 2.75) is 24.4 Å². The van der Waals surface area contributed by atoms with E-state index in [0.29, 0.717) is 16.3 Å². The molecule has 0 unspecified atom stereocenters. The average Bonchev–Trinajstić information content (AvgIpc) is 2.93. The number of nitrogens with zero attached hydrogens (tertiary/aromatic N) is 5. The minimum Gasteiger partial charge on any atom is -0.342 e. The Hall–Kier alpha value is -2.03. The highest BCUT2D eigenvalue weighted by Gasteiger charge is 2.20. The number of aryl methyl sites for hydroxylation is 2. The first kappa shape index (κ1) is 16.8. The molecular formula is C15H21N5O3S. The van der Waals surface area contributed by atoms with Gasteiger partial charge in [0.2, 0.25) is 5.91 Å². The second-order valence-corrected chi connectivity index (χ2v) is 7.00. The molecule has 1 aliphatic rings. The first-order valence-electron chi connectivity index (χ1n) is 7.95. The Morgan fingerprint density at radius 3 is 2.38 bits per heavy atom. The van der Waals surface area contributed by atoms with Crippen LogP contribution in [-0.2, 0) is 25.9 Å². The van der Waals surface area contributed by atoms with E-state index in [1.54, 1.807) is 18.7 Å². The lowest BCUT2D eigenvalue weighted by molar-refractivity contribution is -0.129. The van der Waals surface area contributed by atoms with Gasteiger partial charge in [0, 0.05) is 34.2 Å². The van der Waals surface area contributed by atoms with Crippen LogP contribution in [-0.4, -0.2) is 48.3 Å². The highest BCUT2D eigenvalue weighted by atomic mass is 32.2. The molecule has 24 heavy (non-hydrogen) atoms. The Balaban J connectivity index is 1.88. The third kappa shape index (κ3) is 2.77. The summed E-state index contributed by atoms with van der Waals surface area (Å²) in [5.41, 5.74) is -0.0742. The van der Waals surface area contributed by atoms with Gasteiger partial charge in [-0.1, -0.05) is 11.8 Å². The number of amides is 1. The van der Waals surface area contributed by atoms with Crippen molar-refractivity contribution in [3.05, 3.63) is 20.8 Å². The highest BCUT2D eigenvalue weighted by molar-refractivity contribution is 7.99. The molecule has 1 amide bonds. The summed E-state index contributed by atoms with van der Waals surface area (Å²) in [4.78, 5) is 42.9. The predicted octanol–water partition coefficient (Wildman–Crippen LogP) is 0.0753. The van der Waals surface area contributed by atoms with Gasteiger partial charge in [-0.25, -0.2) is 9.78 Å². The van der Waals surface area contributed by atoms with Crippen molar-refractivity contribution < 1.29 is 4.79 Å². The smallest absolute Gasteiger partial charge is 0.332 e. The van der Waals surface area contributed by atoms with Gasteiger partial charge in [-0.05, 0) is 19.3 Å². The van der Waals surface area contributed by atoms with Crippen LogP contribution in [0.2, 0.25) is 0 Å². The molecule has 0 aliphatic carbocycles. The summed E-state index contributed by atoms with van der Waals surface area (Å²) in [6.07, 6.45) is 3.29. The lowest BCUT2D eigenvalue weighted by atomic mass is 10.1. The van der Waals surface area contributed by atoms with Crippen LogP contribution in [0.3, 0.4) is 0 Å². The first-order chi connectivity index (χ1) is 11.4. The zero-order valence-corrected chi connectivity index (χ0v) is 14.9. The van der Waals surface area contributed by atoms with Crippen molar-refractivity contribution in [2.75, 3.05) is 18.8 Å². The number of carbonyl (C=O) groups excluding carboxylic acids is 1. The van der Waals surface area contributed by atoms with Crippen LogP contribution in [0.15, 0.2) is 14.7 Å². The SMILES string of the molecule is Cn1c(=O)c2c(nc(SCC(=O)N3CCCCC3)n2C)n(C)c1=O. The highest BCUT2D eigenvalue weighted by Crippen LogP contribution is 2.21. The lowest BCUT2D eigenvalue weighted by Crippen LogP contribution is -2.37. The van der Waals surface area contributed by atoms with Crippen molar-refractivity contribution in [3.63, 3.8) is 0 Å². The van der Waals surface area contributed by atoms with E-state index < -0.39 is 5.69 Å². The molecule has 8 nitrogen and oxygen atoms in total. The summed E-state index contributed by atoms with van der Waals surface area (Å²) >= 11 is 1.30. The number of hydrogen-bond acceptors (Lipinski definition) is 5. The van der Waals surface area contributed by atoms with Crippen LogP contribution in [0.1, 0.15) is 19.3 Å². The quantitative estimate of drug-likeness (QED) is 0.731. The van der Waals surface area contributed by atoms with Gasteiger partial charge in [-0.2, -0.15) is 0 Å². The number of aromatic nitrogens is 4. The van der Waals surface area contributed by atoms with Crippen LogP contribution < -0.4 is 11.2 Å². The molecule has 9 heteroatoms. The molecule has 0 spiro atoms. The van der Waals surface area contributed by atoms with E-state index in [0.717, 1.165) is 30.5 Å². The molecule has 130 valence electrons. The van der Waals surface area contributed by atoms with Crippen molar-refractivity contribution in [3.8, 4) is 0 Å². The minimum absolute atomic E-state index is 0.0912. The number of thioether (sulfide) groups is 1. The average molecular weight is 351 g/mol. The predicted molar refractivity (Wildman–Crippen MR) is 92.4 cm³/mol. The standard InChI is InChI=1S/C15H21N5O3S/c1-17-11-12(18(2)15(23)19(3)13(11)22)16-14(17)24-9-10(21)20-7-5-4-6-8-20/h4-9H2,1-3H3. The van der Waals surface area contributed by atoms with Crippen LogP contribution in [0, 0.1) is 0 Å². The van der Waals surface area contributed by atoms with Crippen LogP contribution in [0.4, 0.5) is 0 Å². The molecule has 0 radical (unpaired) electrons. The summed E-state index contributed by atoms with van der Waals surface area (Å²) in [6.45, 7) is 1.63. The molecule has 2 aromatic rings. The fourth-order valence-corrected chi connectivity index (χ4v) is 3.86. The molecule has 0 aromatic carbocycles. The summed E-state index contributed by atoms with van der Waals surface area (Å²) in [7, 11) is 4.77. The van der Waals surface area contributed by atoms with E-state index in [1.807, 2.05) is 4.90 Å². The van der Waals surface area contributed by atoms with Crippen LogP contribution in [0.25, 0.3) is 11.2 Å². The van der Waals surface area contributed by atoms with E-state index in [4.69, 9.17) is 0 Å². The van der Waals surface area contributed by atoms with Gasteiger partial charge >= 0.3 is 5.69 Å². The van der Waals surface area contributed by atoms with E-state index in [1.165, 1.54) is 29.8 Å². The van der Waals surface area contributed by atoms with E-state index in [2.05, 4.69) is 4.98 Å². The van der Waals surface area contributed by atoms with E-state index in [-0.39, 0.29) is 17.2 Å².